The Labute approximate surface area is 137 Å². The van der Waals surface area contributed by atoms with Crippen LogP contribution in [0.5, 0.6) is 5.75 Å². The molecule has 0 saturated carbocycles. The Bertz CT molecular complexity index is 575. The number of fused-ring (bicyclic) bond motifs is 1. The fourth-order valence-electron chi connectivity index (χ4n) is 2.36. The van der Waals surface area contributed by atoms with Gasteiger partial charge in [0.1, 0.15) is 17.5 Å². The lowest BCUT2D eigenvalue weighted by Gasteiger charge is -2.22. The van der Waals surface area contributed by atoms with Gasteiger partial charge in [0.05, 0.1) is 6.61 Å². The van der Waals surface area contributed by atoms with Gasteiger partial charge in [-0.05, 0) is 45.3 Å². The van der Waals surface area contributed by atoms with E-state index in [2.05, 4.69) is 5.32 Å². The van der Waals surface area contributed by atoms with Crippen molar-refractivity contribution in [2.75, 3.05) is 13.2 Å². The number of carbonyl (C=O) groups excluding carboxylic acids is 1. The molecule has 1 atom stereocenters. The molecule has 0 spiro atoms. The van der Waals surface area contributed by atoms with E-state index < -0.39 is 11.7 Å². The van der Waals surface area contributed by atoms with Crippen LogP contribution in [-0.2, 0) is 11.2 Å². The lowest BCUT2D eigenvalue weighted by molar-refractivity contribution is 0.0527. The topological polar surface area (TPSA) is 67.8 Å². The lowest BCUT2D eigenvalue weighted by Crippen LogP contribution is -2.33. The molecule has 0 fully saturated rings. The van der Waals surface area contributed by atoms with Crippen LogP contribution in [0.4, 0.5) is 4.79 Å². The molecule has 1 heterocycles. The Morgan fingerprint density at radius 1 is 1.39 bits per heavy atom. The average Bonchev–Trinajstić information content (AvgIpc) is 2.49. The summed E-state index contributed by atoms with van der Waals surface area (Å²) < 4.78 is 11.0. The maximum Gasteiger partial charge on any atom is 0.407 e. The molecule has 0 aromatic heterocycles. The standard InChI is InChI=1S/C18H25NO4/c1-18(2,3)23-17(21)19-11-5-8-13-6-4-7-14-9-10-15(12-20)22-16(13)14/h4,6-7,9-10,15,20H,5,8,11-12H2,1-3H3,(H,19,21)/t15-/m1/s1. The van der Waals surface area contributed by atoms with E-state index in [4.69, 9.17) is 9.47 Å². The van der Waals surface area contributed by atoms with Gasteiger partial charge in [0.15, 0.2) is 0 Å². The normalized spacial score (nSPS) is 16.4. The van der Waals surface area contributed by atoms with Crippen molar-refractivity contribution in [3.63, 3.8) is 0 Å². The summed E-state index contributed by atoms with van der Waals surface area (Å²) in [5.41, 5.74) is 1.62. The second-order valence-corrected chi connectivity index (χ2v) is 6.57. The molecule has 1 aliphatic heterocycles. The number of hydrogen-bond donors (Lipinski definition) is 2. The van der Waals surface area contributed by atoms with Crippen LogP contribution in [0, 0.1) is 0 Å². The number of nitrogens with one attached hydrogen (secondary N) is 1. The summed E-state index contributed by atoms with van der Waals surface area (Å²) >= 11 is 0. The number of aryl methyl sites for hydroxylation is 1. The first kappa shape index (κ1) is 17.3. The molecule has 0 bridgehead atoms. The van der Waals surface area contributed by atoms with Crippen LogP contribution < -0.4 is 10.1 Å². The molecule has 0 saturated heterocycles. The Morgan fingerprint density at radius 2 is 2.17 bits per heavy atom. The van der Waals surface area contributed by atoms with Crippen molar-refractivity contribution in [2.45, 2.75) is 45.3 Å². The Hall–Kier alpha value is -2.01. The minimum Gasteiger partial charge on any atom is -0.483 e. The van der Waals surface area contributed by atoms with Crippen LogP contribution in [0.15, 0.2) is 24.3 Å². The van der Waals surface area contributed by atoms with E-state index >= 15 is 0 Å². The second-order valence-electron chi connectivity index (χ2n) is 6.57. The molecule has 0 aliphatic carbocycles. The van der Waals surface area contributed by atoms with E-state index in [-0.39, 0.29) is 12.7 Å². The molecule has 1 aromatic rings. The highest BCUT2D eigenvalue weighted by Gasteiger charge is 2.17. The van der Waals surface area contributed by atoms with E-state index in [1.165, 1.54) is 0 Å². The predicted octanol–water partition coefficient (Wildman–Crippen LogP) is 2.91. The molecule has 0 unspecified atom stereocenters. The van der Waals surface area contributed by atoms with Gasteiger partial charge in [-0.1, -0.05) is 24.3 Å². The van der Waals surface area contributed by atoms with E-state index in [0.29, 0.717) is 6.54 Å². The molecule has 5 nitrogen and oxygen atoms in total. The fraction of sp³-hybridized carbons (Fsp3) is 0.500. The van der Waals surface area contributed by atoms with Crippen molar-refractivity contribution in [2.24, 2.45) is 0 Å². The van der Waals surface area contributed by atoms with E-state index in [1.54, 1.807) is 0 Å². The van der Waals surface area contributed by atoms with Gasteiger partial charge in [0.25, 0.3) is 0 Å². The lowest BCUT2D eigenvalue weighted by atomic mass is 10.0. The number of hydrogen-bond acceptors (Lipinski definition) is 4. The monoisotopic (exact) mass is 319 g/mol. The molecule has 2 rings (SSSR count). The maximum atomic E-state index is 11.6. The van der Waals surface area contributed by atoms with Crippen molar-refractivity contribution in [3.8, 4) is 5.75 Å². The highest BCUT2D eigenvalue weighted by Crippen LogP contribution is 2.30. The molecular formula is C18H25NO4. The predicted molar refractivity (Wildman–Crippen MR) is 89.5 cm³/mol. The summed E-state index contributed by atoms with van der Waals surface area (Å²) in [6.45, 7) is 6.02. The first-order chi connectivity index (χ1) is 10.9. The van der Waals surface area contributed by atoms with Crippen molar-refractivity contribution in [3.05, 3.63) is 35.4 Å². The third kappa shape index (κ3) is 5.28. The fourth-order valence-corrected chi connectivity index (χ4v) is 2.36. The first-order valence-corrected chi connectivity index (χ1v) is 7.93. The van der Waals surface area contributed by atoms with Gasteiger partial charge in [0, 0.05) is 12.1 Å². The summed E-state index contributed by atoms with van der Waals surface area (Å²) in [5.74, 6) is 0.825. The van der Waals surface area contributed by atoms with Crippen molar-refractivity contribution in [1.29, 1.82) is 0 Å². The van der Waals surface area contributed by atoms with E-state index in [0.717, 1.165) is 29.7 Å². The van der Waals surface area contributed by atoms with Crippen LogP contribution in [0.2, 0.25) is 0 Å². The van der Waals surface area contributed by atoms with Crippen LogP contribution in [0.25, 0.3) is 6.08 Å². The number of carbonyl (C=O) groups is 1. The number of para-hydroxylation sites is 1. The van der Waals surface area contributed by atoms with E-state index in [1.807, 2.05) is 51.1 Å². The zero-order valence-electron chi connectivity index (χ0n) is 14.0. The maximum absolute atomic E-state index is 11.6. The number of aliphatic hydroxyl groups excluding tert-OH is 1. The summed E-state index contributed by atoms with van der Waals surface area (Å²) in [6, 6.07) is 5.99. The minimum atomic E-state index is -0.484. The molecule has 1 aromatic carbocycles. The quantitative estimate of drug-likeness (QED) is 0.819. The largest absolute Gasteiger partial charge is 0.483 e. The molecule has 1 amide bonds. The number of benzene rings is 1. The van der Waals surface area contributed by atoms with Crippen LogP contribution in [-0.4, -0.2) is 36.1 Å². The van der Waals surface area contributed by atoms with Crippen LogP contribution in [0.1, 0.15) is 38.3 Å². The molecule has 0 radical (unpaired) electrons. The second kappa shape index (κ2) is 7.51. The molecule has 23 heavy (non-hydrogen) atoms. The third-order valence-corrected chi connectivity index (χ3v) is 3.36. The Kier molecular flexibility index (Phi) is 5.66. The summed E-state index contributed by atoms with van der Waals surface area (Å²) in [4.78, 5) is 11.6. The van der Waals surface area contributed by atoms with Gasteiger partial charge in [-0.2, -0.15) is 0 Å². The van der Waals surface area contributed by atoms with Crippen molar-refractivity contribution >= 4 is 12.2 Å². The Morgan fingerprint density at radius 3 is 2.87 bits per heavy atom. The molecule has 5 heteroatoms. The smallest absolute Gasteiger partial charge is 0.407 e. The van der Waals surface area contributed by atoms with Gasteiger partial charge in [0.2, 0.25) is 0 Å². The highest BCUT2D eigenvalue weighted by atomic mass is 16.6. The van der Waals surface area contributed by atoms with Gasteiger partial charge >= 0.3 is 6.09 Å². The molecule has 1 aliphatic rings. The highest BCUT2D eigenvalue weighted by molar-refractivity contribution is 5.67. The number of amides is 1. The first-order valence-electron chi connectivity index (χ1n) is 7.93. The number of ether oxygens (including phenoxy) is 2. The van der Waals surface area contributed by atoms with Crippen molar-refractivity contribution in [1.82, 2.24) is 5.32 Å². The summed E-state index contributed by atoms with van der Waals surface area (Å²) in [5, 5.41) is 12.0. The van der Waals surface area contributed by atoms with E-state index in [9.17, 15) is 9.90 Å². The number of aliphatic hydroxyl groups is 1. The van der Waals surface area contributed by atoms with Crippen LogP contribution in [0.3, 0.4) is 0 Å². The zero-order chi connectivity index (χ0) is 16.9. The zero-order valence-corrected chi connectivity index (χ0v) is 14.0. The number of alkyl carbamates (subject to hydrolysis) is 1. The van der Waals surface area contributed by atoms with Crippen LogP contribution >= 0.6 is 0 Å². The molecule has 2 N–H and O–H groups in total. The van der Waals surface area contributed by atoms with Crippen molar-refractivity contribution < 1.29 is 19.4 Å². The van der Waals surface area contributed by atoms with Gasteiger partial charge in [-0.15, -0.1) is 0 Å². The average molecular weight is 319 g/mol. The number of rotatable bonds is 5. The molecular weight excluding hydrogens is 294 g/mol. The Balaban J connectivity index is 1.86. The van der Waals surface area contributed by atoms with Gasteiger partial charge in [-0.3, -0.25) is 0 Å². The summed E-state index contributed by atoms with van der Waals surface area (Å²) in [6.07, 6.45) is 4.71. The third-order valence-electron chi connectivity index (χ3n) is 3.36. The minimum absolute atomic E-state index is 0.0372. The molecule has 126 valence electrons. The SMILES string of the molecule is CC(C)(C)OC(=O)NCCCc1cccc2c1O[C@@H](CO)C=C2. The van der Waals surface area contributed by atoms with Gasteiger partial charge < -0.3 is 19.9 Å². The summed E-state index contributed by atoms with van der Waals surface area (Å²) in [7, 11) is 0. The van der Waals surface area contributed by atoms with Gasteiger partial charge in [-0.25, -0.2) is 4.79 Å².